The number of rotatable bonds is 9. The van der Waals surface area contributed by atoms with Crippen molar-refractivity contribution < 1.29 is 23.5 Å². The van der Waals surface area contributed by atoms with E-state index in [-0.39, 0.29) is 11.8 Å². The number of carbonyl (C=O) groups is 2. The van der Waals surface area contributed by atoms with Gasteiger partial charge in [-0.15, -0.1) is 11.3 Å². The molecular formula is C31H34N2O5S. The van der Waals surface area contributed by atoms with Crippen LogP contribution in [-0.4, -0.2) is 43.7 Å². The van der Waals surface area contributed by atoms with Gasteiger partial charge >= 0.3 is 5.97 Å². The molecule has 1 aromatic carbocycles. The lowest BCUT2D eigenvalue weighted by atomic mass is 9.82. The third-order valence-corrected chi connectivity index (χ3v) is 8.56. The minimum absolute atomic E-state index is 0.0470. The van der Waals surface area contributed by atoms with Crippen LogP contribution in [0.2, 0.25) is 0 Å². The number of methoxy groups -OCH3 is 1. The van der Waals surface area contributed by atoms with Crippen molar-refractivity contribution in [2.45, 2.75) is 39.5 Å². The van der Waals surface area contributed by atoms with Crippen molar-refractivity contribution in [2.24, 2.45) is 11.8 Å². The van der Waals surface area contributed by atoms with Gasteiger partial charge in [-0.25, -0.2) is 4.79 Å². The van der Waals surface area contributed by atoms with Crippen LogP contribution in [0.3, 0.4) is 0 Å². The highest BCUT2D eigenvalue weighted by Gasteiger charge is 2.32. The zero-order valence-electron chi connectivity index (χ0n) is 22.6. The Morgan fingerprint density at radius 1 is 1.08 bits per heavy atom. The Labute approximate surface area is 232 Å². The Morgan fingerprint density at radius 3 is 2.51 bits per heavy atom. The Kier molecular flexibility index (Phi) is 8.43. The van der Waals surface area contributed by atoms with Gasteiger partial charge in [-0.2, -0.15) is 0 Å². The molecule has 0 radical (unpaired) electrons. The molecular weight excluding hydrogens is 512 g/mol. The molecule has 8 heteroatoms. The number of thiophene rings is 1. The van der Waals surface area contributed by atoms with E-state index in [2.05, 4.69) is 11.9 Å². The summed E-state index contributed by atoms with van der Waals surface area (Å²) in [4.78, 5) is 34.1. The van der Waals surface area contributed by atoms with Gasteiger partial charge in [0.1, 0.15) is 16.2 Å². The van der Waals surface area contributed by atoms with E-state index in [1.165, 1.54) is 18.4 Å². The van der Waals surface area contributed by atoms with Crippen LogP contribution in [0.5, 0.6) is 0 Å². The first-order valence-electron chi connectivity index (χ1n) is 13.5. The normalized spacial score (nSPS) is 17.3. The maximum absolute atomic E-state index is 13.8. The Morgan fingerprint density at radius 2 is 1.82 bits per heavy atom. The molecule has 1 saturated carbocycles. The number of esters is 1. The van der Waals surface area contributed by atoms with Gasteiger partial charge in [0, 0.05) is 41.8 Å². The summed E-state index contributed by atoms with van der Waals surface area (Å²) in [7, 11) is 1.37. The second-order valence-corrected chi connectivity index (χ2v) is 11.1. The molecule has 39 heavy (non-hydrogen) atoms. The highest BCUT2D eigenvalue weighted by atomic mass is 32.1. The fraction of sp³-hybridized carbons (Fsp3) is 0.387. The van der Waals surface area contributed by atoms with Crippen LogP contribution in [0.4, 0.5) is 5.69 Å². The molecule has 1 amide bonds. The predicted molar refractivity (Wildman–Crippen MR) is 154 cm³/mol. The SMILES string of the molecule is CCOCCN(C(=O)C1CCC(C)CC1)c1cc(-c2ccc(-c3cc4ncccc4o3)cc2)sc1C(=O)OC. The van der Waals surface area contributed by atoms with Gasteiger partial charge in [0.05, 0.1) is 19.4 Å². The third-order valence-electron chi connectivity index (χ3n) is 7.41. The van der Waals surface area contributed by atoms with E-state index in [1.54, 1.807) is 11.1 Å². The minimum atomic E-state index is -0.445. The van der Waals surface area contributed by atoms with Gasteiger partial charge < -0.3 is 18.8 Å². The van der Waals surface area contributed by atoms with Gasteiger partial charge in [-0.3, -0.25) is 9.78 Å². The van der Waals surface area contributed by atoms with Crippen LogP contribution < -0.4 is 4.90 Å². The van der Waals surface area contributed by atoms with Crippen LogP contribution >= 0.6 is 11.3 Å². The quantitative estimate of drug-likeness (QED) is 0.163. The van der Waals surface area contributed by atoms with E-state index in [0.29, 0.717) is 36.2 Å². The van der Waals surface area contributed by atoms with E-state index >= 15 is 0 Å². The van der Waals surface area contributed by atoms with E-state index in [0.717, 1.165) is 58.5 Å². The number of amides is 1. The zero-order chi connectivity index (χ0) is 27.4. The molecule has 3 aromatic heterocycles. The number of furan rings is 1. The predicted octanol–water partition coefficient (Wildman–Crippen LogP) is 7.21. The molecule has 4 aromatic rings. The fourth-order valence-electron chi connectivity index (χ4n) is 5.15. The lowest BCUT2D eigenvalue weighted by Crippen LogP contribution is -2.40. The van der Waals surface area contributed by atoms with E-state index in [1.807, 2.05) is 55.5 Å². The van der Waals surface area contributed by atoms with E-state index in [9.17, 15) is 9.59 Å². The van der Waals surface area contributed by atoms with Gasteiger partial charge in [0.25, 0.3) is 0 Å². The first kappa shape index (κ1) is 27.1. The summed E-state index contributed by atoms with van der Waals surface area (Å²) in [5.41, 5.74) is 4.02. The first-order chi connectivity index (χ1) is 19.0. The highest BCUT2D eigenvalue weighted by Crippen LogP contribution is 2.40. The summed E-state index contributed by atoms with van der Waals surface area (Å²) in [5.74, 6) is 0.952. The maximum Gasteiger partial charge on any atom is 0.350 e. The van der Waals surface area contributed by atoms with E-state index < -0.39 is 5.97 Å². The molecule has 0 bridgehead atoms. The summed E-state index contributed by atoms with van der Waals surface area (Å²) in [5, 5.41) is 0. The summed E-state index contributed by atoms with van der Waals surface area (Å²) in [6.07, 6.45) is 5.57. The molecule has 3 heterocycles. The van der Waals surface area contributed by atoms with E-state index in [4.69, 9.17) is 13.9 Å². The molecule has 5 rings (SSSR count). The number of aromatic nitrogens is 1. The lowest BCUT2D eigenvalue weighted by molar-refractivity contribution is -0.123. The van der Waals surface area contributed by atoms with Gasteiger partial charge in [-0.1, -0.05) is 31.2 Å². The Balaban J connectivity index is 1.46. The van der Waals surface area contributed by atoms with Crippen molar-refractivity contribution >= 4 is 40.0 Å². The van der Waals surface area contributed by atoms with Crippen molar-refractivity contribution in [3.05, 3.63) is 59.6 Å². The summed E-state index contributed by atoms with van der Waals surface area (Å²) >= 11 is 1.34. The maximum atomic E-state index is 13.8. The summed E-state index contributed by atoms with van der Waals surface area (Å²) < 4.78 is 16.7. The Bertz CT molecular complexity index is 1400. The number of hydrogen-bond donors (Lipinski definition) is 0. The fourth-order valence-corrected chi connectivity index (χ4v) is 6.24. The smallest absolute Gasteiger partial charge is 0.350 e. The topological polar surface area (TPSA) is 81.9 Å². The molecule has 204 valence electrons. The van der Waals surface area contributed by atoms with Gasteiger partial charge in [0.15, 0.2) is 5.58 Å². The van der Waals surface area contributed by atoms with Crippen molar-refractivity contribution in [3.63, 3.8) is 0 Å². The number of benzene rings is 1. The highest BCUT2D eigenvalue weighted by molar-refractivity contribution is 7.18. The van der Waals surface area contributed by atoms with Crippen LogP contribution in [-0.2, 0) is 14.3 Å². The van der Waals surface area contributed by atoms with Crippen molar-refractivity contribution in [1.82, 2.24) is 4.98 Å². The molecule has 0 saturated heterocycles. The second-order valence-electron chi connectivity index (χ2n) is 10.0. The molecule has 1 fully saturated rings. The number of fused-ring (bicyclic) bond motifs is 1. The minimum Gasteiger partial charge on any atom is -0.465 e. The lowest BCUT2D eigenvalue weighted by Gasteiger charge is -2.31. The average molecular weight is 547 g/mol. The number of hydrogen-bond acceptors (Lipinski definition) is 7. The largest absolute Gasteiger partial charge is 0.465 e. The molecule has 0 atom stereocenters. The van der Waals surface area contributed by atoms with Crippen LogP contribution in [0, 0.1) is 11.8 Å². The number of ether oxygens (including phenoxy) is 2. The van der Waals surface area contributed by atoms with Crippen LogP contribution in [0.15, 0.2) is 59.1 Å². The number of anilines is 1. The Hall–Kier alpha value is -3.49. The third kappa shape index (κ3) is 5.92. The average Bonchev–Trinajstić information content (AvgIpc) is 3.60. The number of nitrogens with zero attached hydrogens (tertiary/aromatic N) is 2. The van der Waals surface area contributed by atoms with Gasteiger partial charge in [-0.05, 0) is 62.3 Å². The molecule has 1 aliphatic rings. The molecule has 0 N–H and O–H groups in total. The second kappa shape index (κ2) is 12.1. The van der Waals surface area contributed by atoms with Crippen LogP contribution in [0.25, 0.3) is 32.9 Å². The zero-order valence-corrected chi connectivity index (χ0v) is 23.5. The number of carbonyl (C=O) groups excluding carboxylic acids is 2. The molecule has 0 aliphatic heterocycles. The summed E-state index contributed by atoms with van der Waals surface area (Å²) in [6.45, 7) is 5.53. The molecule has 1 aliphatic carbocycles. The van der Waals surface area contributed by atoms with Crippen molar-refractivity contribution in [3.8, 4) is 21.8 Å². The summed E-state index contributed by atoms with van der Waals surface area (Å²) in [6, 6.07) is 15.6. The first-order valence-corrected chi connectivity index (χ1v) is 14.4. The standard InChI is InChI=1S/C31H34N2O5S/c1-4-37-17-16-33(30(34)23-9-7-20(2)8-10-23)25-19-28(39-29(25)31(35)36-3)22-13-11-21(12-14-22)27-18-24-26(38-27)6-5-15-32-24/h5-6,11-15,18-20,23H,4,7-10,16-17H2,1-3H3. The van der Waals surface area contributed by atoms with Crippen LogP contribution in [0.1, 0.15) is 49.2 Å². The van der Waals surface area contributed by atoms with Gasteiger partial charge in [0.2, 0.25) is 5.91 Å². The van der Waals surface area contributed by atoms with Crippen molar-refractivity contribution in [2.75, 3.05) is 31.8 Å². The molecule has 0 unspecified atom stereocenters. The monoisotopic (exact) mass is 546 g/mol. The molecule has 7 nitrogen and oxygen atoms in total. The van der Waals surface area contributed by atoms with Crippen molar-refractivity contribution in [1.29, 1.82) is 0 Å². The molecule has 0 spiro atoms. The number of pyridine rings is 1.